The molecule has 0 radical (unpaired) electrons. The van der Waals surface area contributed by atoms with Crippen molar-refractivity contribution < 1.29 is 4.79 Å². The molecule has 4 nitrogen and oxygen atoms in total. The minimum atomic E-state index is -0.392. The standard InChI is InChI=1S/C19H21N3O/c1-13(2)22-8-7-16(12-22)10-17(11-20)19(23)21-18-6-5-14(3)9-15(18)4/h5-10,12-13H,1-4H3,(H,21,23)/b17-10+. The Morgan fingerprint density at radius 2 is 2.04 bits per heavy atom. The average Bonchev–Trinajstić information content (AvgIpc) is 2.96. The number of anilines is 1. The van der Waals surface area contributed by atoms with Crippen molar-refractivity contribution in [3.63, 3.8) is 0 Å². The summed E-state index contributed by atoms with van der Waals surface area (Å²) in [5, 5.41) is 12.1. The van der Waals surface area contributed by atoms with E-state index < -0.39 is 5.91 Å². The molecule has 1 aromatic heterocycles. The van der Waals surface area contributed by atoms with Gasteiger partial charge in [-0.3, -0.25) is 4.79 Å². The Balaban J connectivity index is 2.21. The van der Waals surface area contributed by atoms with Gasteiger partial charge in [0.25, 0.3) is 5.91 Å². The summed E-state index contributed by atoms with van der Waals surface area (Å²) in [7, 11) is 0. The predicted octanol–water partition coefficient (Wildman–Crippen LogP) is 4.23. The van der Waals surface area contributed by atoms with Crippen molar-refractivity contribution in [2.75, 3.05) is 5.32 Å². The second-order valence-electron chi connectivity index (χ2n) is 5.93. The molecule has 0 aliphatic heterocycles. The van der Waals surface area contributed by atoms with Crippen molar-refractivity contribution in [2.24, 2.45) is 0 Å². The van der Waals surface area contributed by atoms with Gasteiger partial charge in [-0.15, -0.1) is 0 Å². The Morgan fingerprint density at radius 3 is 2.61 bits per heavy atom. The molecule has 0 fully saturated rings. The van der Waals surface area contributed by atoms with Gasteiger partial charge in [0.1, 0.15) is 11.6 Å². The van der Waals surface area contributed by atoms with Gasteiger partial charge in [-0.05, 0) is 57.0 Å². The number of hydrogen-bond acceptors (Lipinski definition) is 2. The van der Waals surface area contributed by atoms with Gasteiger partial charge in [-0.25, -0.2) is 0 Å². The average molecular weight is 307 g/mol. The highest BCUT2D eigenvalue weighted by atomic mass is 16.1. The maximum absolute atomic E-state index is 12.3. The summed E-state index contributed by atoms with van der Waals surface area (Å²) >= 11 is 0. The van der Waals surface area contributed by atoms with Gasteiger partial charge < -0.3 is 9.88 Å². The van der Waals surface area contributed by atoms with E-state index in [1.807, 2.05) is 61.1 Å². The van der Waals surface area contributed by atoms with E-state index >= 15 is 0 Å². The quantitative estimate of drug-likeness (QED) is 0.678. The van der Waals surface area contributed by atoms with Gasteiger partial charge in [0.15, 0.2) is 0 Å². The Labute approximate surface area is 137 Å². The Bertz CT molecular complexity index is 791. The summed E-state index contributed by atoms with van der Waals surface area (Å²) in [6.07, 6.45) is 5.47. The Hall–Kier alpha value is -2.80. The number of nitrogens with one attached hydrogen (secondary N) is 1. The third-order valence-corrected chi connectivity index (χ3v) is 3.64. The van der Waals surface area contributed by atoms with Crippen LogP contribution in [0.4, 0.5) is 5.69 Å². The maximum Gasteiger partial charge on any atom is 0.266 e. The van der Waals surface area contributed by atoms with Crippen molar-refractivity contribution in [3.05, 3.63) is 58.9 Å². The minimum Gasteiger partial charge on any atom is -0.351 e. The van der Waals surface area contributed by atoms with Gasteiger partial charge >= 0.3 is 0 Å². The molecule has 0 aliphatic carbocycles. The summed E-state index contributed by atoms with van der Waals surface area (Å²) in [4.78, 5) is 12.3. The normalized spacial score (nSPS) is 11.4. The molecule has 1 heterocycles. The monoisotopic (exact) mass is 307 g/mol. The molecule has 1 amide bonds. The summed E-state index contributed by atoms with van der Waals surface area (Å²) in [6, 6.07) is 9.99. The van der Waals surface area contributed by atoms with Crippen LogP contribution in [-0.2, 0) is 4.79 Å². The van der Waals surface area contributed by atoms with Crippen molar-refractivity contribution in [1.82, 2.24) is 4.57 Å². The molecule has 0 unspecified atom stereocenters. The number of hydrogen-bond donors (Lipinski definition) is 1. The zero-order valence-electron chi connectivity index (χ0n) is 13.9. The van der Waals surface area contributed by atoms with E-state index in [2.05, 4.69) is 19.2 Å². The van der Waals surface area contributed by atoms with Crippen LogP contribution >= 0.6 is 0 Å². The fraction of sp³-hybridized carbons (Fsp3) is 0.263. The number of nitrogens with zero attached hydrogens (tertiary/aromatic N) is 2. The number of nitriles is 1. The van der Waals surface area contributed by atoms with Crippen molar-refractivity contribution in [3.8, 4) is 6.07 Å². The molecular weight excluding hydrogens is 286 g/mol. The third kappa shape index (κ3) is 4.10. The van der Waals surface area contributed by atoms with Crippen LogP contribution in [0.3, 0.4) is 0 Å². The number of carbonyl (C=O) groups excluding carboxylic acids is 1. The summed E-state index contributed by atoms with van der Waals surface area (Å²) in [6.45, 7) is 8.08. The minimum absolute atomic E-state index is 0.0893. The molecule has 2 aromatic rings. The van der Waals surface area contributed by atoms with Gasteiger partial charge in [0.2, 0.25) is 0 Å². The molecule has 0 spiro atoms. The summed E-state index contributed by atoms with van der Waals surface area (Å²) in [5.74, 6) is -0.392. The lowest BCUT2D eigenvalue weighted by atomic mass is 10.1. The number of aromatic nitrogens is 1. The highest BCUT2D eigenvalue weighted by Crippen LogP contribution is 2.18. The first-order chi connectivity index (χ1) is 10.9. The van der Waals surface area contributed by atoms with Crippen LogP contribution < -0.4 is 5.32 Å². The SMILES string of the molecule is Cc1ccc(NC(=O)/C(C#N)=C/c2ccn(C(C)C)c2)c(C)c1. The molecule has 4 heteroatoms. The molecule has 1 N–H and O–H groups in total. The van der Waals surface area contributed by atoms with Crippen LogP contribution in [-0.4, -0.2) is 10.5 Å². The molecule has 0 bridgehead atoms. The molecule has 23 heavy (non-hydrogen) atoms. The van der Waals surface area contributed by atoms with E-state index in [0.29, 0.717) is 6.04 Å². The molecule has 0 saturated carbocycles. The van der Waals surface area contributed by atoms with E-state index in [4.69, 9.17) is 0 Å². The Kier molecular flexibility index (Phi) is 5.02. The number of rotatable bonds is 4. The highest BCUT2D eigenvalue weighted by molar-refractivity contribution is 6.09. The number of benzene rings is 1. The predicted molar refractivity (Wildman–Crippen MR) is 93.0 cm³/mol. The largest absolute Gasteiger partial charge is 0.351 e. The van der Waals surface area contributed by atoms with Gasteiger partial charge in [-0.1, -0.05) is 17.7 Å². The third-order valence-electron chi connectivity index (χ3n) is 3.64. The zero-order valence-corrected chi connectivity index (χ0v) is 13.9. The highest BCUT2D eigenvalue weighted by Gasteiger charge is 2.11. The van der Waals surface area contributed by atoms with E-state index in [9.17, 15) is 10.1 Å². The van der Waals surface area contributed by atoms with Gasteiger partial charge in [-0.2, -0.15) is 5.26 Å². The van der Waals surface area contributed by atoms with E-state index in [1.165, 1.54) is 0 Å². The molecule has 0 saturated heterocycles. The molecule has 118 valence electrons. The molecule has 0 atom stereocenters. The maximum atomic E-state index is 12.3. The Morgan fingerprint density at radius 1 is 1.30 bits per heavy atom. The lowest BCUT2D eigenvalue weighted by molar-refractivity contribution is -0.112. The first-order valence-corrected chi connectivity index (χ1v) is 7.58. The van der Waals surface area contributed by atoms with E-state index in [0.717, 1.165) is 22.4 Å². The summed E-state index contributed by atoms with van der Waals surface area (Å²) < 4.78 is 2.03. The van der Waals surface area contributed by atoms with Crippen LogP contribution in [0.25, 0.3) is 6.08 Å². The lowest BCUT2D eigenvalue weighted by Crippen LogP contribution is -2.14. The topological polar surface area (TPSA) is 57.8 Å². The van der Waals surface area contributed by atoms with Gasteiger partial charge in [0.05, 0.1) is 0 Å². The van der Waals surface area contributed by atoms with Crippen LogP contribution in [0.5, 0.6) is 0 Å². The fourth-order valence-corrected chi connectivity index (χ4v) is 2.30. The second kappa shape index (κ2) is 6.97. The van der Waals surface area contributed by atoms with Gasteiger partial charge in [0, 0.05) is 24.1 Å². The second-order valence-corrected chi connectivity index (χ2v) is 5.93. The zero-order chi connectivity index (χ0) is 17.0. The number of aryl methyl sites for hydroxylation is 2. The number of carbonyl (C=O) groups is 1. The first-order valence-electron chi connectivity index (χ1n) is 7.58. The van der Waals surface area contributed by atoms with E-state index in [1.54, 1.807) is 6.08 Å². The number of amides is 1. The van der Waals surface area contributed by atoms with Crippen molar-refractivity contribution in [1.29, 1.82) is 5.26 Å². The van der Waals surface area contributed by atoms with Crippen molar-refractivity contribution in [2.45, 2.75) is 33.7 Å². The van der Waals surface area contributed by atoms with Crippen LogP contribution in [0.2, 0.25) is 0 Å². The fourth-order valence-electron chi connectivity index (χ4n) is 2.30. The first kappa shape index (κ1) is 16.6. The molecular formula is C19H21N3O. The lowest BCUT2D eigenvalue weighted by Gasteiger charge is -2.08. The van der Waals surface area contributed by atoms with Crippen LogP contribution in [0, 0.1) is 25.2 Å². The van der Waals surface area contributed by atoms with Crippen LogP contribution in [0.15, 0.2) is 42.2 Å². The smallest absolute Gasteiger partial charge is 0.266 e. The summed E-state index contributed by atoms with van der Waals surface area (Å²) in [5.41, 5.74) is 3.76. The molecule has 2 rings (SSSR count). The van der Waals surface area contributed by atoms with E-state index in [-0.39, 0.29) is 5.57 Å². The van der Waals surface area contributed by atoms with Crippen LogP contribution in [0.1, 0.15) is 36.6 Å². The molecule has 1 aromatic carbocycles. The van der Waals surface area contributed by atoms with Crippen molar-refractivity contribution >= 4 is 17.7 Å². The molecule has 0 aliphatic rings.